The number of carbonyl (C=O) groups is 2. The van der Waals surface area contributed by atoms with Crippen LogP contribution in [0.4, 0.5) is 22.0 Å². The van der Waals surface area contributed by atoms with E-state index in [2.05, 4.69) is 41.5 Å². The number of carbonyl (C=O) groups excluding carboxylic acids is 2. The Morgan fingerprint density at radius 3 is 2.56 bits per heavy atom. The second-order valence-electron chi connectivity index (χ2n) is 8.82. The number of nitrogens with one attached hydrogen (secondary N) is 4. The summed E-state index contributed by atoms with van der Waals surface area (Å²) in [5.74, 6) is 0.650. The number of amides is 3. The van der Waals surface area contributed by atoms with Gasteiger partial charge in [0.2, 0.25) is 0 Å². The first-order chi connectivity index (χ1) is 17.1. The molecule has 3 rings (SSSR count). The van der Waals surface area contributed by atoms with E-state index in [1.807, 2.05) is 35.7 Å². The molecule has 0 aliphatic rings. The largest absolute Gasteiger partial charge is 0.494 e. The molecule has 3 amide bonds. The van der Waals surface area contributed by atoms with Crippen molar-refractivity contribution >= 4 is 52.7 Å². The molecule has 2 aromatic heterocycles. The summed E-state index contributed by atoms with van der Waals surface area (Å²) in [6.45, 7) is 0.678. The number of hydrogen-bond acceptors (Lipinski definition) is 9. The Labute approximate surface area is 211 Å². The summed E-state index contributed by atoms with van der Waals surface area (Å²) >= 11 is 0. The first-order valence-corrected chi connectivity index (χ1v) is 11.2. The molecule has 0 saturated carbocycles. The van der Waals surface area contributed by atoms with Crippen molar-refractivity contribution in [2.45, 2.75) is 5.24 Å². The third-order valence-corrected chi connectivity index (χ3v) is 4.66. The highest BCUT2D eigenvalue weighted by molar-refractivity contribution is 6.60. The van der Waals surface area contributed by atoms with E-state index >= 15 is 0 Å². The fourth-order valence-corrected chi connectivity index (χ4v) is 3.18. The Hall–Kier alpha value is -4.07. The summed E-state index contributed by atoms with van der Waals surface area (Å²) in [6, 6.07) is 6.45. The van der Waals surface area contributed by atoms with Gasteiger partial charge < -0.3 is 25.4 Å². The number of nitrogens with zero attached hydrogens (tertiary/aromatic N) is 5. The number of aromatic nitrogens is 5. The van der Waals surface area contributed by atoms with Crippen LogP contribution in [0.1, 0.15) is 10.5 Å². The summed E-state index contributed by atoms with van der Waals surface area (Å²) in [7, 11) is 10.4. The maximum absolute atomic E-state index is 13.0. The molecule has 0 aliphatic carbocycles. The lowest BCUT2D eigenvalue weighted by molar-refractivity contribution is 0.0947. The zero-order valence-electron chi connectivity index (χ0n) is 21.2. The normalized spacial score (nSPS) is 11.0. The second-order valence-corrected chi connectivity index (χ2v) is 8.82. The van der Waals surface area contributed by atoms with Gasteiger partial charge in [-0.25, -0.2) is 9.78 Å². The predicted octanol–water partition coefficient (Wildman–Crippen LogP) is -1.97. The van der Waals surface area contributed by atoms with Crippen molar-refractivity contribution in [3.8, 4) is 17.1 Å². The molecular formula is C20H28B3N9O4. The number of para-hydroxylation sites is 1. The molecule has 2 heterocycles. The summed E-state index contributed by atoms with van der Waals surface area (Å²) in [5, 5.41) is 23.3. The van der Waals surface area contributed by atoms with Crippen LogP contribution in [0.2, 0.25) is 0 Å². The zero-order valence-corrected chi connectivity index (χ0v) is 21.2. The third-order valence-electron chi connectivity index (χ3n) is 4.66. The number of anilines is 3. The van der Waals surface area contributed by atoms with Crippen LogP contribution in [0.3, 0.4) is 0 Å². The predicted molar refractivity (Wildman–Crippen MR) is 143 cm³/mol. The molecule has 0 spiro atoms. The van der Waals surface area contributed by atoms with Crippen molar-refractivity contribution in [1.82, 2.24) is 35.6 Å². The number of aryl methyl sites for hydroxylation is 1. The molecule has 0 saturated heterocycles. The Morgan fingerprint density at radius 2 is 1.92 bits per heavy atom. The maximum atomic E-state index is 13.0. The van der Waals surface area contributed by atoms with Crippen LogP contribution in [0.25, 0.3) is 11.4 Å². The standard InChI is InChI=1S/C20H28B3N9O4/c1-32-10-25-17(31-32)11-5-4-6-12(16(11)36-3)26-13-9-14(27-19(34)24-7-8-35-2)29-30-15(13)18(33)28-20(21,22)23/h4-6,9-10H,7-8,21-23H2,1-3H3,(H,28,33)(H3,24,26,27,29,34). The van der Waals surface area contributed by atoms with Crippen molar-refractivity contribution in [3.63, 3.8) is 0 Å². The molecule has 1 aromatic carbocycles. The molecule has 0 bridgehead atoms. The average molecular weight is 491 g/mol. The molecular weight excluding hydrogens is 463 g/mol. The first kappa shape index (κ1) is 26.5. The molecule has 0 atom stereocenters. The lowest BCUT2D eigenvalue weighted by Gasteiger charge is -2.21. The van der Waals surface area contributed by atoms with Gasteiger partial charge in [-0.15, -0.1) is 10.2 Å². The molecule has 36 heavy (non-hydrogen) atoms. The number of hydrogen-bond donors (Lipinski definition) is 4. The number of methoxy groups -OCH3 is 2. The van der Waals surface area contributed by atoms with Gasteiger partial charge in [-0.2, -0.15) is 5.10 Å². The lowest BCUT2D eigenvalue weighted by atomic mass is 9.49. The van der Waals surface area contributed by atoms with E-state index in [1.54, 1.807) is 24.1 Å². The minimum Gasteiger partial charge on any atom is -0.494 e. The van der Waals surface area contributed by atoms with E-state index in [0.717, 1.165) is 0 Å². The van der Waals surface area contributed by atoms with E-state index in [-0.39, 0.29) is 11.5 Å². The highest BCUT2D eigenvalue weighted by Gasteiger charge is 2.23. The Kier molecular flexibility index (Phi) is 8.53. The molecule has 0 unspecified atom stereocenters. The lowest BCUT2D eigenvalue weighted by Crippen LogP contribution is -2.50. The van der Waals surface area contributed by atoms with Gasteiger partial charge in [-0.3, -0.25) is 14.8 Å². The van der Waals surface area contributed by atoms with Crippen LogP contribution >= 0.6 is 0 Å². The Balaban J connectivity index is 1.98. The summed E-state index contributed by atoms with van der Waals surface area (Å²) in [5.41, 5.74) is 1.54. The second kappa shape index (κ2) is 11.6. The fourth-order valence-electron chi connectivity index (χ4n) is 3.18. The smallest absolute Gasteiger partial charge is 0.320 e. The minimum atomic E-state index is -0.504. The van der Waals surface area contributed by atoms with E-state index in [1.165, 1.54) is 20.3 Å². The number of benzene rings is 1. The first-order valence-electron chi connectivity index (χ1n) is 11.2. The zero-order chi connectivity index (χ0) is 26.3. The number of rotatable bonds is 10. The van der Waals surface area contributed by atoms with Gasteiger partial charge in [-0.1, -0.05) is 6.07 Å². The van der Waals surface area contributed by atoms with Crippen LogP contribution in [0.15, 0.2) is 30.6 Å². The van der Waals surface area contributed by atoms with Gasteiger partial charge in [0.1, 0.15) is 29.9 Å². The Morgan fingerprint density at radius 1 is 1.14 bits per heavy atom. The minimum absolute atomic E-state index is 0.0404. The summed E-state index contributed by atoms with van der Waals surface area (Å²) < 4.78 is 12.2. The van der Waals surface area contributed by atoms with Gasteiger partial charge in [0.25, 0.3) is 5.91 Å². The van der Waals surface area contributed by atoms with Crippen molar-refractivity contribution in [1.29, 1.82) is 0 Å². The average Bonchev–Trinajstić information content (AvgIpc) is 3.24. The van der Waals surface area contributed by atoms with Gasteiger partial charge in [-0.05, 0) is 17.4 Å². The topological polar surface area (TPSA) is 157 Å². The van der Waals surface area contributed by atoms with Gasteiger partial charge in [0.15, 0.2) is 23.1 Å². The van der Waals surface area contributed by atoms with E-state index in [0.29, 0.717) is 41.7 Å². The SMILES string of the molecule is BC(B)(B)NC(=O)c1nnc(NC(=O)NCCOC)cc1Nc1cccc(-c2ncn(C)n2)c1OC. The van der Waals surface area contributed by atoms with Crippen LogP contribution in [0, 0.1) is 0 Å². The van der Waals surface area contributed by atoms with Gasteiger partial charge in [0.05, 0.1) is 30.7 Å². The third kappa shape index (κ3) is 6.98. The van der Waals surface area contributed by atoms with Crippen LogP contribution in [0.5, 0.6) is 5.75 Å². The molecule has 3 aromatic rings. The summed E-state index contributed by atoms with van der Waals surface area (Å²) in [6.07, 6.45) is 1.59. The Bertz CT molecular complexity index is 1230. The van der Waals surface area contributed by atoms with Crippen LogP contribution < -0.4 is 26.0 Å². The molecule has 0 radical (unpaired) electrons. The highest BCUT2D eigenvalue weighted by atomic mass is 16.5. The van der Waals surface area contributed by atoms with Crippen molar-refractivity contribution in [2.24, 2.45) is 7.05 Å². The monoisotopic (exact) mass is 491 g/mol. The number of urea groups is 1. The fraction of sp³-hybridized carbons (Fsp3) is 0.300. The quantitative estimate of drug-likeness (QED) is 0.187. The molecule has 186 valence electrons. The summed E-state index contributed by atoms with van der Waals surface area (Å²) in [4.78, 5) is 29.5. The van der Waals surface area contributed by atoms with Crippen LogP contribution in [-0.2, 0) is 11.8 Å². The van der Waals surface area contributed by atoms with Gasteiger partial charge >= 0.3 is 6.03 Å². The van der Waals surface area contributed by atoms with Crippen LogP contribution in [-0.4, -0.2) is 93.0 Å². The highest BCUT2D eigenvalue weighted by Crippen LogP contribution is 2.37. The molecule has 0 aliphatic heterocycles. The molecule has 4 N–H and O–H groups in total. The van der Waals surface area contributed by atoms with Crippen molar-refractivity contribution in [2.75, 3.05) is 38.0 Å². The van der Waals surface area contributed by atoms with Crippen molar-refractivity contribution in [3.05, 3.63) is 36.3 Å². The molecule has 16 heteroatoms. The maximum Gasteiger partial charge on any atom is 0.320 e. The van der Waals surface area contributed by atoms with E-state index in [4.69, 9.17) is 9.47 Å². The number of ether oxygens (including phenoxy) is 2. The van der Waals surface area contributed by atoms with E-state index < -0.39 is 17.2 Å². The molecule has 13 nitrogen and oxygen atoms in total. The van der Waals surface area contributed by atoms with E-state index in [9.17, 15) is 9.59 Å². The van der Waals surface area contributed by atoms with Gasteiger partial charge in [0, 0.05) is 26.8 Å². The van der Waals surface area contributed by atoms with Crippen molar-refractivity contribution < 1.29 is 19.1 Å². The molecule has 0 fully saturated rings.